The quantitative estimate of drug-likeness (QED) is 0.830. The molecule has 0 aliphatic carbocycles. The molecule has 3 rings (SSSR count). The van der Waals surface area contributed by atoms with Crippen LogP contribution < -0.4 is 0 Å². The van der Waals surface area contributed by atoms with Gasteiger partial charge in [-0.3, -0.25) is 4.98 Å². The average molecular weight is 269 g/mol. The highest BCUT2D eigenvalue weighted by molar-refractivity contribution is 5.59. The van der Waals surface area contributed by atoms with Crippen molar-refractivity contribution in [1.82, 2.24) is 4.98 Å². The summed E-state index contributed by atoms with van der Waals surface area (Å²) in [6, 6.07) is 14.1. The van der Waals surface area contributed by atoms with Gasteiger partial charge in [0.2, 0.25) is 0 Å². The highest BCUT2D eigenvalue weighted by atomic mass is 16.7. The Morgan fingerprint density at radius 1 is 1.00 bits per heavy atom. The van der Waals surface area contributed by atoms with Gasteiger partial charge in [-0.1, -0.05) is 44.2 Å². The minimum absolute atomic E-state index is 0.102. The van der Waals surface area contributed by atoms with Gasteiger partial charge in [-0.2, -0.15) is 0 Å². The van der Waals surface area contributed by atoms with E-state index in [0.29, 0.717) is 0 Å². The van der Waals surface area contributed by atoms with Crippen LogP contribution in [0.4, 0.5) is 0 Å². The van der Waals surface area contributed by atoms with E-state index in [2.05, 4.69) is 31.0 Å². The summed E-state index contributed by atoms with van der Waals surface area (Å²) >= 11 is 0. The summed E-state index contributed by atoms with van der Waals surface area (Å²) in [7, 11) is 0. The Morgan fingerprint density at radius 2 is 1.70 bits per heavy atom. The van der Waals surface area contributed by atoms with Gasteiger partial charge in [0, 0.05) is 22.7 Å². The third-order valence-electron chi connectivity index (χ3n) is 3.39. The van der Waals surface area contributed by atoms with E-state index >= 15 is 0 Å². The molecule has 0 spiro atoms. The van der Waals surface area contributed by atoms with Gasteiger partial charge in [-0.05, 0) is 12.1 Å². The Balaban J connectivity index is 1.74. The van der Waals surface area contributed by atoms with E-state index in [-0.39, 0.29) is 11.7 Å². The van der Waals surface area contributed by atoms with Crippen LogP contribution in [0, 0.1) is 5.41 Å². The standard InChI is InChI=1S/C17H19NO2/c1-17(2)11-19-16(20-12-17)14-8-6-13(7-9-14)15-5-3-4-10-18-15/h3-10,16H,11-12H2,1-2H3. The summed E-state index contributed by atoms with van der Waals surface area (Å²) < 4.78 is 11.6. The lowest BCUT2D eigenvalue weighted by Gasteiger charge is -2.34. The summed E-state index contributed by atoms with van der Waals surface area (Å²) in [5, 5.41) is 0. The molecule has 2 heterocycles. The van der Waals surface area contributed by atoms with Gasteiger partial charge >= 0.3 is 0 Å². The van der Waals surface area contributed by atoms with E-state index in [4.69, 9.17) is 9.47 Å². The predicted molar refractivity (Wildman–Crippen MR) is 78.1 cm³/mol. The number of pyridine rings is 1. The smallest absolute Gasteiger partial charge is 0.183 e. The summed E-state index contributed by atoms with van der Waals surface area (Å²) in [4.78, 5) is 4.35. The number of ether oxygens (including phenoxy) is 2. The van der Waals surface area contributed by atoms with Crippen molar-refractivity contribution in [3.63, 3.8) is 0 Å². The first-order chi connectivity index (χ1) is 9.64. The summed E-state index contributed by atoms with van der Waals surface area (Å²) in [6.07, 6.45) is 1.55. The fourth-order valence-corrected chi connectivity index (χ4v) is 2.23. The zero-order valence-corrected chi connectivity index (χ0v) is 11.9. The number of rotatable bonds is 2. The van der Waals surface area contributed by atoms with Crippen molar-refractivity contribution in [3.8, 4) is 11.3 Å². The first-order valence-corrected chi connectivity index (χ1v) is 6.89. The van der Waals surface area contributed by atoms with Crippen LogP contribution in [0.15, 0.2) is 48.7 Å². The summed E-state index contributed by atoms with van der Waals surface area (Å²) in [5.74, 6) is 0. The van der Waals surface area contributed by atoms with Crippen LogP contribution in [0.1, 0.15) is 25.7 Å². The normalized spacial score (nSPS) is 18.9. The largest absolute Gasteiger partial charge is 0.348 e. The summed E-state index contributed by atoms with van der Waals surface area (Å²) in [6.45, 7) is 5.74. The van der Waals surface area contributed by atoms with Crippen molar-refractivity contribution in [2.24, 2.45) is 5.41 Å². The van der Waals surface area contributed by atoms with Crippen LogP contribution in [0.3, 0.4) is 0 Å². The highest BCUT2D eigenvalue weighted by Crippen LogP contribution is 2.31. The molecule has 0 N–H and O–H groups in total. The van der Waals surface area contributed by atoms with Crippen LogP contribution in [0.25, 0.3) is 11.3 Å². The van der Waals surface area contributed by atoms with Gasteiger partial charge in [0.1, 0.15) is 0 Å². The van der Waals surface area contributed by atoms with E-state index in [0.717, 1.165) is 30.0 Å². The van der Waals surface area contributed by atoms with Crippen LogP contribution >= 0.6 is 0 Å². The molecule has 0 atom stereocenters. The van der Waals surface area contributed by atoms with Crippen LogP contribution in [0.5, 0.6) is 0 Å². The Labute approximate surface area is 119 Å². The minimum atomic E-state index is -0.249. The zero-order chi connectivity index (χ0) is 14.0. The van der Waals surface area contributed by atoms with Crippen molar-refractivity contribution in [2.45, 2.75) is 20.1 Å². The molecule has 3 heteroatoms. The van der Waals surface area contributed by atoms with Gasteiger partial charge in [-0.15, -0.1) is 0 Å². The number of nitrogens with zero attached hydrogens (tertiary/aromatic N) is 1. The summed E-state index contributed by atoms with van der Waals surface area (Å²) in [5.41, 5.74) is 3.24. The maximum atomic E-state index is 5.79. The molecular weight excluding hydrogens is 250 g/mol. The number of hydrogen-bond acceptors (Lipinski definition) is 3. The van der Waals surface area contributed by atoms with Crippen LogP contribution in [0.2, 0.25) is 0 Å². The topological polar surface area (TPSA) is 31.4 Å². The van der Waals surface area contributed by atoms with Crippen molar-refractivity contribution in [2.75, 3.05) is 13.2 Å². The number of aromatic nitrogens is 1. The van der Waals surface area contributed by atoms with Crippen molar-refractivity contribution >= 4 is 0 Å². The number of benzene rings is 1. The molecule has 0 amide bonds. The van der Waals surface area contributed by atoms with Gasteiger partial charge in [0.05, 0.1) is 18.9 Å². The first kappa shape index (κ1) is 13.3. The lowest BCUT2D eigenvalue weighted by Crippen LogP contribution is -2.33. The van der Waals surface area contributed by atoms with E-state index in [1.807, 2.05) is 30.3 Å². The minimum Gasteiger partial charge on any atom is -0.348 e. The third-order valence-corrected chi connectivity index (χ3v) is 3.39. The molecule has 0 bridgehead atoms. The zero-order valence-electron chi connectivity index (χ0n) is 11.9. The van der Waals surface area contributed by atoms with Crippen molar-refractivity contribution < 1.29 is 9.47 Å². The molecule has 0 unspecified atom stereocenters. The van der Waals surface area contributed by atoms with Gasteiger partial charge in [0.15, 0.2) is 6.29 Å². The lowest BCUT2D eigenvalue weighted by molar-refractivity contribution is -0.226. The van der Waals surface area contributed by atoms with Crippen molar-refractivity contribution in [1.29, 1.82) is 0 Å². The Hall–Kier alpha value is -1.71. The lowest BCUT2D eigenvalue weighted by atomic mass is 9.95. The van der Waals surface area contributed by atoms with E-state index in [1.165, 1.54) is 0 Å². The molecule has 1 aromatic carbocycles. The number of hydrogen-bond donors (Lipinski definition) is 0. The van der Waals surface area contributed by atoms with E-state index in [1.54, 1.807) is 6.20 Å². The Bertz CT molecular complexity index is 553. The predicted octanol–water partition coefficient (Wildman–Crippen LogP) is 3.82. The Morgan fingerprint density at radius 3 is 2.30 bits per heavy atom. The molecule has 1 fully saturated rings. The molecule has 1 aliphatic heterocycles. The van der Waals surface area contributed by atoms with Crippen LogP contribution in [-0.4, -0.2) is 18.2 Å². The molecule has 1 aliphatic rings. The maximum absolute atomic E-state index is 5.79. The second-order valence-corrected chi connectivity index (χ2v) is 5.96. The third kappa shape index (κ3) is 2.89. The van der Waals surface area contributed by atoms with E-state index < -0.39 is 0 Å². The van der Waals surface area contributed by atoms with Gasteiger partial charge in [-0.25, -0.2) is 0 Å². The molecular formula is C17H19NO2. The molecule has 0 saturated carbocycles. The second-order valence-electron chi connectivity index (χ2n) is 5.96. The molecule has 1 saturated heterocycles. The van der Waals surface area contributed by atoms with Crippen molar-refractivity contribution in [3.05, 3.63) is 54.2 Å². The maximum Gasteiger partial charge on any atom is 0.183 e. The van der Waals surface area contributed by atoms with Crippen LogP contribution in [-0.2, 0) is 9.47 Å². The monoisotopic (exact) mass is 269 g/mol. The molecule has 0 radical (unpaired) electrons. The molecule has 2 aromatic rings. The second kappa shape index (κ2) is 5.35. The molecule has 104 valence electrons. The Kier molecular flexibility index (Phi) is 3.55. The molecule has 3 nitrogen and oxygen atoms in total. The van der Waals surface area contributed by atoms with E-state index in [9.17, 15) is 0 Å². The molecule has 1 aromatic heterocycles. The fraction of sp³-hybridized carbons (Fsp3) is 0.353. The van der Waals surface area contributed by atoms with Gasteiger partial charge < -0.3 is 9.47 Å². The highest BCUT2D eigenvalue weighted by Gasteiger charge is 2.29. The molecule has 20 heavy (non-hydrogen) atoms. The SMILES string of the molecule is CC1(C)COC(c2ccc(-c3ccccn3)cc2)OC1. The average Bonchev–Trinajstić information content (AvgIpc) is 2.48. The fourth-order valence-electron chi connectivity index (χ4n) is 2.23. The first-order valence-electron chi connectivity index (χ1n) is 6.89. The van der Waals surface area contributed by atoms with Gasteiger partial charge in [0.25, 0.3) is 0 Å².